The molecule has 8 nitrogen and oxygen atoms in total. The lowest BCUT2D eigenvalue weighted by Crippen LogP contribution is -2.43. The first-order valence-electron chi connectivity index (χ1n) is 9.92. The second-order valence-electron chi connectivity index (χ2n) is 7.23. The Labute approximate surface area is 216 Å². The highest BCUT2D eigenvalue weighted by Crippen LogP contribution is 2.31. The van der Waals surface area contributed by atoms with E-state index in [-0.39, 0.29) is 10.0 Å². The number of hydrogen-bond donors (Lipinski definition) is 4. The van der Waals surface area contributed by atoms with E-state index in [1.807, 2.05) is 6.07 Å². The predicted octanol–water partition coefficient (Wildman–Crippen LogP) is 5.09. The van der Waals surface area contributed by atoms with Crippen LogP contribution in [0.15, 0.2) is 77.7 Å². The van der Waals surface area contributed by atoms with E-state index in [0.717, 1.165) is 0 Å². The van der Waals surface area contributed by atoms with Gasteiger partial charge >= 0.3 is 0 Å². The van der Waals surface area contributed by atoms with Crippen LogP contribution in [0.2, 0.25) is 10.0 Å². The number of pyridine rings is 1. The Balaban J connectivity index is 1.54. The fraction of sp³-hybridized carbons (Fsp3) is 0. The normalized spacial score (nSPS) is 11.2. The zero-order chi connectivity index (χ0) is 25.2. The number of carbonyl (C=O) groups excluding carboxylic acids is 1. The SMILES string of the molecule is O=C(NNC(=S)Nc1ccc(S(=O)(=O)O)cc1)c1cc(-c2ccc(Cl)cc2Cl)nc2ccccc12. The van der Waals surface area contributed by atoms with Crippen LogP contribution in [-0.2, 0) is 10.1 Å². The molecule has 0 saturated carbocycles. The van der Waals surface area contributed by atoms with Crippen molar-refractivity contribution in [2.75, 3.05) is 5.32 Å². The molecular weight excluding hydrogens is 531 g/mol. The van der Waals surface area contributed by atoms with Gasteiger partial charge in [-0.15, -0.1) is 0 Å². The molecule has 0 aliphatic carbocycles. The van der Waals surface area contributed by atoms with Crippen LogP contribution in [0.5, 0.6) is 0 Å². The average Bonchev–Trinajstić information content (AvgIpc) is 2.81. The van der Waals surface area contributed by atoms with Crippen LogP contribution in [0.4, 0.5) is 5.69 Å². The minimum atomic E-state index is -4.30. The van der Waals surface area contributed by atoms with Crippen LogP contribution in [0.3, 0.4) is 0 Å². The highest BCUT2D eigenvalue weighted by molar-refractivity contribution is 7.85. The molecule has 178 valence electrons. The Morgan fingerprint density at radius 3 is 2.34 bits per heavy atom. The lowest BCUT2D eigenvalue weighted by Gasteiger charge is -2.14. The summed E-state index contributed by atoms with van der Waals surface area (Å²) in [6.45, 7) is 0. The number of thiocarbonyl (C=S) groups is 1. The summed E-state index contributed by atoms with van der Waals surface area (Å²) >= 11 is 17.5. The molecule has 1 amide bonds. The van der Waals surface area contributed by atoms with Crippen molar-refractivity contribution >= 4 is 73.1 Å². The van der Waals surface area contributed by atoms with Gasteiger partial charge in [0.15, 0.2) is 5.11 Å². The molecule has 4 N–H and O–H groups in total. The molecule has 4 rings (SSSR count). The van der Waals surface area contributed by atoms with Gasteiger partial charge in [0.1, 0.15) is 0 Å². The van der Waals surface area contributed by atoms with Crippen LogP contribution in [-0.4, -0.2) is 29.0 Å². The van der Waals surface area contributed by atoms with Gasteiger partial charge in [-0.3, -0.25) is 20.2 Å². The van der Waals surface area contributed by atoms with Crippen LogP contribution < -0.4 is 16.2 Å². The molecule has 0 bridgehead atoms. The zero-order valence-corrected chi connectivity index (χ0v) is 20.8. The Kier molecular flexibility index (Phi) is 7.20. The van der Waals surface area contributed by atoms with Gasteiger partial charge in [0.2, 0.25) is 0 Å². The number of hydrogen-bond acceptors (Lipinski definition) is 5. The quantitative estimate of drug-likeness (QED) is 0.159. The lowest BCUT2D eigenvalue weighted by molar-refractivity contribution is 0.0946. The number of fused-ring (bicyclic) bond motifs is 1. The van der Waals surface area contributed by atoms with E-state index in [9.17, 15) is 13.2 Å². The summed E-state index contributed by atoms with van der Waals surface area (Å²) < 4.78 is 31.4. The maximum atomic E-state index is 13.1. The molecule has 35 heavy (non-hydrogen) atoms. The smallest absolute Gasteiger partial charge is 0.294 e. The maximum Gasteiger partial charge on any atom is 0.294 e. The van der Waals surface area contributed by atoms with Gasteiger partial charge in [-0.25, -0.2) is 4.98 Å². The van der Waals surface area contributed by atoms with E-state index in [0.29, 0.717) is 43.5 Å². The number of rotatable bonds is 4. The van der Waals surface area contributed by atoms with E-state index in [1.54, 1.807) is 42.5 Å². The van der Waals surface area contributed by atoms with Gasteiger partial charge < -0.3 is 5.32 Å². The molecule has 0 spiro atoms. The summed E-state index contributed by atoms with van der Waals surface area (Å²) in [4.78, 5) is 17.4. The first kappa shape index (κ1) is 24.8. The molecule has 1 aromatic heterocycles. The van der Waals surface area contributed by atoms with E-state index in [2.05, 4.69) is 21.2 Å². The number of anilines is 1. The van der Waals surface area contributed by atoms with Crippen molar-refractivity contribution in [3.8, 4) is 11.3 Å². The van der Waals surface area contributed by atoms with Crippen molar-refractivity contribution in [1.82, 2.24) is 15.8 Å². The molecule has 3 aromatic carbocycles. The third-order valence-corrected chi connectivity index (χ3v) is 6.49. The molecule has 1 heterocycles. The van der Waals surface area contributed by atoms with Gasteiger partial charge in [-0.2, -0.15) is 8.42 Å². The number of nitrogens with one attached hydrogen (secondary N) is 3. The second-order valence-corrected chi connectivity index (χ2v) is 9.90. The summed E-state index contributed by atoms with van der Waals surface area (Å²) in [5.74, 6) is -0.471. The minimum Gasteiger partial charge on any atom is -0.331 e. The fourth-order valence-corrected chi connectivity index (χ4v) is 4.41. The standard InChI is InChI=1S/C23H16Cl2N4O4S2/c24-13-5-10-17(19(25)11-13)21-12-18(16-3-1-2-4-20(16)27-21)22(30)28-29-23(34)26-14-6-8-15(9-7-14)35(31,32)33/h1-12H,(H,28,30)(H2,26,29,34)(H,31,32,33). The predicted molar refractivity (Wildman–Crippen MR) is 140 cm³/mol. The Morgan fingerprint density at radius 2 is 1.66 bits per heavy atom. The second kappa shape index (κ2) is 10.1. The monoisotopic (exact) mass is 546 g/mol. The summed E-state index contributed by atoms with van der Waals surface area (Å²) in [5.41, 5.74) is 7.64. The zero-order valence-electron chi connectivity index (χ0n) is 17.6. The molecule has 0 saturated heterocycles. The summed E-state index contributed by atoms with van der Waals surface area (Å²) in [6.07, 6.45) is 0. The molecule has 0 fully saturated rings. The number of amides is 1. The molecule has 0 aliphatic heterocycles. The summed E-state index contributed by atoms with van der Waals surface area (Å²) in [6, 6.07) is 19.1. The fourth-order valence-electron chi connectivity index (χ4n) is 3.25. The number of benzene rings is 3. The van der Waals surface area contributed by atoms with E-state index < -0.39 is 16.0 Å². The summed E-state index contributed by atoms with van der Waals surface area (Å²) in [7, 11) is -4.30. The Hall–Kier alpha value is -3.28. The number of para-hydroxylation sites is 1. The minimum absolute atomic E-state index is 0.0530. The third kappa shape index (κ3) is 5.87. The van der Waals surface area contributed by atoms with E-state index >= 15 is 0 Å². The third-order valence-electron chi connectivity index (χ3n) is 4.87. The molecule has 0 atom stereocenters. The maximum absolute atomic E-state index is 13.1. The number of carbonyl (C=O) groups is 1. The number of nitrogens with zero attached hydrogens (tertiary/aromatic N) is 1. The van der Waals surface area contributed by atoms with E-state index in [4.69, 9.17) is 40.0 Å². The van der Waals surface area contributed by atoms with Crippen LogP contribution in [0, 0.1) is 0 Å². The van der Waals surface area contributed by atoms with Gasteiger partial charge in [0.25, 0.3) is 16.0 Å². The number of aromatic nitrogens is 1. The van der Waals surface area contributed by atoms with Crippen LogP contribution in [0.1, 0.15) is 10.4 Å². The summed E-state index contributed by atoms with van der Waals surface area (Å²) in [5, 5.41) is 4.36. The first-order chi connectivity index (χ1) is 16.6. The van der Waals surface area contributed by atoms with Gasteiger partial charge in [0.05, 0.1) is 26.7 Å². The average molecular weight is 547 g/mol. The molecule has 0 radical (unpaired) electrons. The Bertz CT molecular complexity index is 1560. The van der Waals surface area contributed by atoms with Crippen molar-refractivity contribution in [2.45, 2.75) is 4.90 Å². The molecule has 12 heteroatoms. The van der Waals surface area contributed by atoms with Crippen molar-refractivity contribution in [3.05, 3.63) is 88.4 Å². The van der Waals surface area contributed by atoms with Crippen molar-refractivity contribution in [3.63, 3.8) is 0 Å². The topological polar surface area (TPSA) is 120 Å². The van der Waals surface area contributed by atoms with Gasteiger partial charge in [0, 0.05) is 21.7 Å². The molecule has 4 aromatic rings. The lowest BCUT2D eigenvalue weighted by atomic mass is 10.0. The highest BCUT2D eigenvalue weighted by atomic mass is 35.5. The van der Waals surface area contributed by atoms with Crippen LogP contribution >= 0.6 is 35.4 Å². The number of halogens is 2. The van der Waals surface area contributed by atoms with Gasteiger partial charge in [-0.05, 0) is 66.8 Å². The largest absolute Gasteiger partial charge is 0.331 e. The molecule has 0 unspecified atom stereocenters. The molecular formula is C23H16Cl2N4O4S2. The van der Waals surface area contributed by atoms with Crippen molar-refractivity contribution in [2.24, 2.45) is 0 Å². The van der Waals surface area contributed by atoms with E-state index in [1.165, 1.54) is 24.3 Å². The number of hydrazine groups is 1. The van der Waals surface area contributed by atoms with Crippen LogP contribution in [0.25, 0.3) is 22.2 Å². The van der Waals surface area contributed by atoms with Crippen molar-refractivity contribution in [1.29, 1.82) is 0 Å². The van der Waals surface area contributed by atoms with Gasteiger partial charge in [-0.1, -0.05) is 41.4 Å². The Morgan fingerprint density at radius 1 is 0.943 bits per heavy atom. The molecule has 0 aliphatic rings. The first-order valence-corrected chi connectivity index (χ1v) is 12.5. The van der Waals surface area contributed by atoms with Crippen molar-refractivity contribution < 1.29 is 17.8 Å². The highest BCUT2D eigenvalue weighted by Gasteiger charge is 2.16.